The molecule has 3 N–H and O–H groups in total. The standard InChI is InChI=1S/C21H18ClN.C13H13N.C8H7ClO.C2H4O2/c1-16(17-12-14-20(22)15-13-17)23-21(18-8-4-2-5-9-18)19-10-6-3-7-11-19;14-13(11-7-3-1-4-8-11)12-9-5-2-6-10-12;1-6(10)7-2-4-8(9)5-3-7;1-2(3)4/h2-15,21H,1H3;1-10,13H,14H2;2-5H,1H3;1H3,(H,3,4). The Kier molecular flexibility index (Phi) is 17.1. The van der Waals surface area contributed by atoms with Crippen molar-refractivity contribution in [3.63, 3.8) is 0 Å². The maximum Gasteiger partial charge on any atom is 0.300 e. The molecule has 6 aromatic rings. The van der Waals surface area contributed by atoms with Gasteiger partial charge >= 0.3 is 0 Å². The van der Waals surface area contributed by atoms with Crippen molar-refractivity contribution in [2.45, 2.75) is 32.9 Å². The molecule has 0 aliphatic heterocycles. The fraction of sp³-hybridized carbons (Fsp3) is 0.114. The number of hydrogen-bond donors (Lipinski definition) is 2. The number of carbonyl (C=O) groups excluding carboxylic acids is 1. The number of rotatable bonds is 7. The topological polar surface area (TPSA) is 92.7 Å². The molecule has 0 fully saturated rings. The molecule has 0 bridgehead atoms. The third-order valence-corrected chi connectivity index (χ3v) is 7.89. The van der Waals surface area contributed by atoms with E-state index in [0.717, 1.165) is 34.3 Å². The predicted molar refractivity (Wildman–Crippen MR) is 212 cm³/mol. The van der Waals surface area contributed by atoms with Gasteiger partial charge in [0.15, 0.2) is 5.78 Å². The summed E-state index contributed by atoms with van der Waals surface area (Å²) in [6, 6.07) is 55.7. The zero-order valence-corrected chi connectivity index (χ0v) is 30.4. The first-order valence-corrected chi connectivity index (χ1v) is 17.0. The van der Waals surface area contributed by atoms with Gasteiger partial charge in [0.2, 0.25) is 0 Å². The molecular weight excluding hydrogens is 675 g/mol. The lowest BCUT2D eigenvalue weighted by atomic mass is 9.99. The minimum atomic E-state index is -0.833. The molecule has 0 radical (unpaired) electrons. The molecule has 0 heterocycles. The number of carbonyl (C=O) groups is 2. The Hall–Kier alpha value is -5.33. The van der Waals surface area contributed by atoms with Crippen LogP contribution in [0.25, 0.3) is 0 Å². The number of nitrogens with two attached hydrogens (primary N) is 1. The van der Waals surface area contributed by atoms with Gasteiger partial charge in [0.05, 0.1) is 6.04 Å². The Morgan fingerprint density at radius 1 is 0.510 bits per heavy atom. The molecule has 51 heavy (non-hydrogen) atoms. The maximum atomic E-state index is 10.7. The number of aliphatic imine (C=N–C) groups is 1. The largest absolute Gasteiger partial charge is 0.481 e. The molecule has 260 valence electrons. The van der Waals surface area contributed by atoms with Gasteiger partial charge in [0, 0.05) is 28.2 Å². The molecule has 6 rings (SSSR count). The van der Waals surface area contributed by atoms with Crippen LogP contribution in [0.4, 0.5) is 0 Å². The van der Waals surface area contributed by atoms with Gasteiger partial charge in [-0.25, -0.2) is 0 Å². The van der Waals surface area contributed by atoms with Crippen molar-refractivity contribution in [2.24, 2.45) is 10.7 Å². The molecule has 0 saturated carbocycles. The molecule has 0 atom stereocenters. The lowest BCUT2D eigenvalue weighted by molar-refractivity contribution is -0.134. The monoisotopic (exact) mass is 716 g/mol. The van der Waals surface area contributed by atoms with Crippen LogP contribution in [0.5, 0.6) is 0 Å². The van der Waals surface area contributed by atoms with Crippen LogP contribution in [0.3, 0.4) is 0 Å². The Bertz CT molecular complexity index is 1840. The smallest absolute Gasteiger partial charge is 0.300 e. The Balaban J connectivity index is 0.000000213. The van der Waals surface area contributed by atoms with Crippen molar-refractivity contribution in [2.75, 3.05) is 0 Å². The first-order chi connectivity index (χ1) is 24.5. The number of ketones is 1. The normalized spacial score (nSPS) is 10.5. The SMILES string of the molecule is CC(=NC(c1ccccc1)c1ccccc1)c1ccc(Cl)cc1.CC(=O)O.CC(=O)c1ccc(Cl)cc1.NC(c1ccccc1)c1ccccc1. The first kappa shape index (κ1) is 40.1. The van der Waals surface area contributed by atoms with Crippen molar-refractivity contribution >= 4 is 40.7 Å². The number of nitrogens with zero attached hydrogens (tertiary/aromatic N) is 1. The van der Waals surface area contributed by atoms with E-state index in [4.69, 9.17) is 43.8 Å². The molecule has 7 heteroatoms. The van der Waals surface area contributed by atoms with Crippen LogP contribution < -0.4 is 5.73 Å². The molecule has 0 spiro atoms. The number of aliphatic carboxylic acids is 1. The van der Waals surface area contributed by atoms with Crippen LogP contribution in [0.15, 0.2) is 175 Å². The highest BCUT2D eigenvalue weighted by Crippen LogP contribution is 2.27. The summed E-state index contributed by atoms with van der Waals surface area (Å²) in [5, 5.41) is 8.81. The van der Waals surface area contributed by atoms with Gasteiger partial charge < -0.3 is 10.8 Å². The Morgan fingerprint density at radius 2 is 0.804 bits per heavy atom. The molecule has 0 aliphatic carbocycles. The maximum absolute atomic E-state index is 10.7. The molecule has 0 aromatic heterocycles. The van der Waals surface area contributed by atoms with E-state index in [-0.39, 0.29) is 17.9 Å². The van der Waals surface area contributed by atoms with Crippen molar-refractivity contribution < 1.29 is 14.7 Å². The number of hydrogen-bond acceptors (Lipinski definition) is 4. The number of carboxylic acid groups (broad SMARTS) is 1. The fourth-order valence-corrected chi connectivity index (χ4v) is 5.02. The third kappa shape index (κ3) is 14.6. The summed E-state index contributed by atoms with van der Waals surface area (Å²) < 4.78 is 0. The minimum absolute atomic E-state index is 0.00641. The van der Waals surface area contributed by atoms with Crippen molar-refractivity contribution in [1.82, 2.24) is 0 Å². The van der Waals surface area contributed by atoms with E-state index in [9.17, 15) is 4.79 Å². The summed E-state index contributed by atoms with van der Waals surface area (Å²) in [6.07, 6.45) is 0. The van der Waals surface area contributed by atoms with E-state index in [1.165, 1.54) is 18.1 Å². The summed E-state index contributed by atoms with van der Waals surface area (Å²) in [7, 11) is 0. The first-order valence-electron chi connectivity index (χ1n) is 16.3. The molecule has 0 aliphatic rings. The Labute approximate surface area is 311 Å². The van der Waals surface area contributed by atoms with Gasteiger partial charge in [0.1, 0.15) is 6.04 Å². The van der Waals surface area contributed by atoms with Crippen molar-refractivity contribution in [3.8, 4) is 0 Å². The van der Waals surface area contributed by atoms with Gasteiger partial charge in [0.25, 0.3) is 5.97 Å². The molecule has 6 aromatic carbocycles. The second kappa shape index (κ2) is 21.7. The highest BCUT2D eigenvalue weighted by Gasteiger charge is 2.13. The number of halogens is 2. The van der Waals surface area contributed by atoms with Gasteiger partial charge in [-0.1, -0.05) is 157 Å². The predicted octanol–water partition coefficient (Wildman–Crippen LogP) is 11.3. The molecular formula is C44H42Cl2N2O3. The fourth-order valence-electron chi connectivity index (χ4n) is 4.77. The Morgan fingerprint density at radius 3 is 1.12 bits per heavy atom. The second-order valence-corrected chi connectivity index (χ2v) is 12.2. The van der Waals surface area contributed by atoms with Crippen LogP contribution in [-0.4, -0.2) is 22.6 Å². The van der Waals surface area contributed by atoms with Crippen LogP contribution >= 0.6 is 23.2 Å². The van der Waals surface area contributed by atoms with Gasteiger partial charge in [-0.3, -0.25) is 14.6 Å². The minimum Gasteiger partial charge on any atom is -0.481 e. The summed E-state index contributed by atoms with van der Waals surface area (Å²) in [6.45, 7) is 4.66. The summed E-state index contributed by atoms with van der Waals surface area (Å²) in [5.74, 6) is -0.767. The zero-order chi connectivity index (χ0) is 37.0. The van der Waals surface area contributed by atoms with Gasteiger partial charge in [-0.2, -0.15) is 0 Å². The van der Waals surface area contributed by atoms with E-state index < -0.39 is 5.97 Å². The van der Waals surface area contributed by atoms with Crippen LogP contribution in [0.2, 0.25) is 10.0 Å². The highest BCUT2D eigenvalue weighted by atomic mass is 35.5. The quantitative estimate of drug-likeness (QED) is 0.127. The summed E-state index contributed by atoms with van der Waals surface area (Å²) >= 11 is 11.6. The van der Waals surface area contributed by atoms with E-state index in [2.05, 4.69) is 72.8 Å². The van der Waals surface area contributed by atoms with E-state index in [0.29, 0.717) is 10.6 Å². The average Bonchev–Trinajstić information content (AvgIpc) is 3.15. The lowest BCUT2D eigenvalue weighted by Crippen LogP contribution is -2.11. The molecule has 0 saturated heterocycles. The highest BCUT2D eigenvalue weighted by molar-refractivity contribution is 6.31. The van der Waals surface area contributed by atoms with Gasteiger partial charge in [-0.05, 0) is 78.1 Å². The zero-order valence-electron chi connectivity index (χ0n) is 28.9. The van der Waals surface area contributed by atoms with E-state index in [1.54, 1.807) is 24.3 Å². The van der Waals surface area contributed by atoms with Crippen molar-refractivity contribution in [3.05, 3.63) is 213 Å². The van der Waals surface area contributed by atoms with Crippen molar-refractivity contribution in [1.29, 1.82) is 0 Å². The lowest BCUT2D eigenvalue weighted by Gasteiger charge is -2.15. The van der Waals surface area contributed by atoms with E-state index >= 15 is 0 Å². The van der Waals surface area contributed by atoms with Gasteiger partial charge in [-0.15, -0.1) is 0 Å². The molecule has 0 unspecified atom stereocenters. The van der Waals surface area contributed by atoms with Crippen LogP contribution in [0.1, 0.15) is 71.0 Å². The summed E-state index contributed by atoms with van der Waals surface area (Å²) in [5.41, 5.74) is 13.6. The second-order valence-electron chi connectivity index (χ2n) is 11.3. The number of Topliss-reactive ketones (excluding diaryl/α,β-unsaturated/α-hetero) is 1. The summed E-state index contributed by atoms with van der Waals surface area (Å²) in [4.78, 5) is 24.7. The average molecular weight is 718 g/mol. The molecule has 5 nitrogen and oxygen atoms in total. The van der Waals surface area contributed by atoms with Crippen LogP contribution in [0, 0.1) is 0 Å². The van der Waals surface area contributed by atoms with E-state index in [1.807, 2.05) is 79.7 Å². The number of benzene rings is 6. The third-order valence-electron chi connectivity index (χ3n) is 7.38. The number of carboxylic acids is 1. The van der Waals surface area contributed by atoms with Crippen LogP contribution in [-0.2, 0) is 4.79 Å². The molecule has 0 amide bonds.